The van der Waals surface area contributed by atoms with E-state index < -0.39 is 5.97 Å². The molecule has 0 atom stereocenters. The number of aliphatic carboxylic acids is 1. The second-order valence-corrected chi connectivity index (χ2v) is 2.80. The minimum atomic E-state index is -0.833. The van der Waals surface area contributed by atoms with Crippen molar-refractivity contribution < 1.29 is 24.6 Å². The number of aliphatic hydroxyl groups excluding tert-OH is 1. The van der Waals surface area contributed by atoms with Crippen molar-refractivity contribution >= 4 is 17.5 Å². The highest BCUT2D eigenvalue weighted by Gasteiger charge is 1.76. The molecule has 0 aromatic rings. The molecule has 0 rings (SSSR count). The van der Waals surface area contributed by atoms with Gasteiger partial charge in [-0.1, -0.05) is 6.92 Å². The zero-order chi connectivity index (χ0) is 14.1. The molecule has 0 aliphatic heterocycles. The Morgan fingerprint density at radius 2 is 1.00 bits per heavy atom. The molecule has 0 bridgehead atoms. The predicted octanol–water partition coefficient (Wildman–Crippen LogP) is 1.67. The van der Waals surface area contributed by atoms with E-state index >= 15 is 0 Å². The van der Waals surface area contributed by atoms with Crippen molar-refractivity contribution in [1.29, 1.82) is 0 Å². The largest absolute Gasteiger partial charge is 0.481 e. The van der Waals surface area contributed by atoms with E-state index in [1.54, 1.807) is 13.8 Å². The Labute approximate surface area is 97.5 Å². The van der Waals surface area contributed by atoms with Crippen molar-refractivity contribution in [2.75, 3.05) is 6.61 Å². The zero-order valence-electron chi connectivity index (χ0n) is 11.0. The molecule has 0 aromatic carbocycles. The molecule has 0 heterocycles. The van der Waals surface area contributed by atoms with Crippen molar-refractivity contribution in [3.8, 4) is 0 Å². The van der Waals surface area contributed by atoms with Crippen molar-refractivity contribution in [3.63, 3.8) is 0 Å². The quantitative estimate of drug-likeness (QED) is 0.722. The summed E-state index contributed by atoms with van der Waals surface area (Å²) in [5.41, 5.74) is 0. The highest BCUT2D eigenvalue weighted by atomic mass is 16.4. The van der Waals surface area contributed by atoms with Crippen molar-refractivity contribution in [1.82, 2.24) is 0 Å². The minimum Gasteiger partial charge on any atom is -0.481 e. The second-order valence-electron chi connectivity index (χ2n) is 2.80. The van der Waals surface area contributed by atoms with E-state index in [2.05, 4.69) is 0 Å². The maximum Gasteiger partial charge on any atom is 0.300 e. The molecule has 0 unspecified atom stereocenters. The summed E-state index contributed by atoms with van der Waals surface area (Å²) in [6.07, 6.45) is 0.667. The monoisotopic (exact) mass is 236 g/mol. The molecule has 0 aliphatic rings. The molecule has 0 spiro atoms. The van der Waals surface area contributed by atoms with Crippen molar-refractivity contribution in [2.24, 2.45) is 0 Å². The number of ketones is 2. The van der Waals surface area contributed by atoms with Gasteiger partial charge >= 0.3 is 0 Å². The third-order valence-electron chi connectivity index (χ3n) is 0.498. The van der Waals surface area contributed by atoms with Crippen LogP contribution in [0.3, 0.4) is 0 Å². The third-order valence-corrected chi connectivity index (χ3v) is 0.498. The Bertz CT molecular complexity index is 155. The average molecular weight is 236 g/mol. The van der Waals surface area contributed by atoms with Crippen LogP contribution in [0.5, 0.6) is 0 Å². The molecule has 0 aromatic heterocycles. The summed E-state index contributed by atoms with van der Waals surface area (Å²) in [7, 11) is 0. The molecular formula is C11H24O5. The van der Waals surface area contributed by atoms with Gasteiger partial charge in [-0.25, -0.2) is 0 Å². The topological polar surface area (TPSA) is 91.7 Å². The van der Waals surface area contributed by atoms with Crippen molar-refractivity contribution in [3.05, 3.63) is 0 Å². The number of carbonyl (C=O) groups is 3. The molecule has 16 heavy (non-hydrogen) atoms. The summed E-state index contributed by atoms with van der Waals surface area (Å²) in [6.45, 7) is 9.50. The Balaban J connectivity index is -0.0000000610. The van der Waals surface area contributed by atoms with Gasteiger partial charge in [0, 0.05) is 20.0 Å². The number of hydrogen-bond acceptors (Lipinski definition) is 4. The SMILES string of the molecule is CC(=O)O.CC(C)=O.CCC(C)=O.CCO. The number of aliphatic hydroxyl groups is 1. The van der Waals surface area contributed by atoms with Crippen molar-refractivity contribution in [2.45, 2.75) is 48.0 Å². The van der Waals surface area contributed by atoms with E-state index in [0.717, 1.165) is 6.92 Å². The van der Waals surface area contributed by atoms with E-state index in [0.29, 0.717) is 6.42 Å². The van der Waals surface area contributed by atoms with E-state index in [4.69, 9.17) is 15.0 Å². The average Bonchev–Trinajstić information content (AvgIpc) is 2.03. The van der Waals surface area contributed by atoms with Gasteiger partial charge in [0.2, 0.25) is 0 Å². The second kappa shape index (κ2) is 23.5. The Morgan fingerprint density at radius 3 is 1.00 bits per heavy atom. The maximum absolute atomic E-state index is 9.81. The van der Waals surface area contributed by atoms with E-state index in [9.17, 15) is 9.59 Å². The highest BCUT2D eigenvalue weighted by molar-refractivity contribution is 5.74. The molecule has 0 saturated carbocycles. The molecular weight excluding hydrogens is 212 g/mol. The molecule has 0 aliphatic carbocycles. The van der Waals surface area contributed by atoms with Crippen LogP contribution >= 0.6 is 0 Å². The van der Waals surface area contributed by atoms with Crippen LogP contribution in [0.25, 0.3) is 0 Å². The first-order valence-electron chi connectivity index (χ1n) is 4.92. The third kappa shape index (κ3) is 2980. The number of carboxylic acids is 1. The minimum absolute atomic E-state index is 0.167. The van der Waals surface area contributed by atoms with Gasteiger partial charge in [0.25, 0.3) is 5.97 Å². The van der Waals surface area contributed by atoms with Gasteiger partial charge in [0.05, 0.1) is 0 Å². The fourth-order valence-corrected chi connectivity index (χ4v) is 0. The highest BCUT2D eigenvalue weighted by Crippen LogP contribution is 1.71. The summed E-state index contributed by atoms with van der Waals surface area (Å²) in [6, 6.07) is 0. The first-order valence-corrected chi connectivity index (χ1v) is 4.92. The zero-order valence-corrected chi connectivity index (χ0v) is 11.0. The fourth-order valence-electron chi connectivity index (χ4n) is 0. The Hall–Kier alpha value is -1.23. The molecule has 0 saturated heterocycles. The lowest BCUT2D eigenvalue weighted by molar-refractivity contribution is -0.134. The first-order chi connectivity index (χ1) is 7.15. The number of carboxylic acid groups (broad SMARTS) is 1. The normalized spacial score (nSPS) is 6.69. The number of hydrogen-bond donors (Lipinski definition) is 2. The molecule has 5 nitrogen and oxygen atoms in total. The van der Waals surface area contributed by atoms with Gasteiger partial charge in [-0.05, 0) is 27.7 Å². The van der Waals surface area contributed by atoms with Crippen LogP contribution in [0.2, 0.25) is 0 Å². The standard InChI is InChI=1S/C4H8O.C3H6O.C2H4O2.C2H6O/c1-3-4(2)5;1-3(2)4;1-2(3)4;1-2-3/h3H2,1-2H3;1-2H3;1H3,(H,3,4);3H,2H2,1H3. The maximum atomic E-state index is 9.81. The number of Topliss-reactive ketones (excluding diaryl/α,β-unsaturated/α-hetero) is 2. The van der Waals surface area contributed by atoms with Crippen LogP contribution in [-0.2, 0) is 14.4 Å². The fraction of sp³-hybridized carbons (Fsp3) is 0.727. The van der Waals surface area contributed by atoms with Crippen LogP contribution in [0.4, 0.5) is 0 Å². The van der Waals surface area contributed by atoms with Gasteiger partial charge in [-0.15, -0.1) is 0 Å². The molecule has 0 fully saturated rings. The summed E-state index contributed by atoms with van der Waals surface area (Å²) < 4.78 is 0. The lowest BCUT2D eigenvalue weighted by Crippen LogP contribution is -1.80. The molecule has 2 N–H and O–H groups in total. The molecule has 98 valence electrons. The van der Waals surface area contributed by atoms with E-state index in [1.165, 1.54) is 13.8 Å². The smallest absolute Gasteiger partial charge is 0.300 e. The van der Waals surface area contributed by atoms with Crippen LogP contribution in [0.15, 0.2) is 0 Å². The first kappa shape index (κ1) is 24.1. The van der Waals surface area contributed by atoms with Gasteiger partial charge in [-0.3, -0.25) is 4.79 Å². The lowest BCUT2D eigenvalue weighted by atomic mass is 10.4. The summed E-state index contributed by atoms with van der Waals surface area (Å²) in [5.74, 6) is -0.412. The van der Waals surface area contributed by atoms with Gasteiger partial charge in [-0.2, -0.15) is 0 Å². The molecule has 0 radical (unpaired) electrons. The summed E-state index contributed by atoms with van der Waals surface area (Å²) in [5, 5.41) is 15.0. The summed E-state index contributed by atoms with van der Waals surface area (Å²) in [4.78, 5) is 28.3. The van der Waals surface area contributed by atoms with E-state index in [-0.39, 0.29) is 18.2 Å². The molecule has 5 heteroatoms. The van der Waals surface area contributed by atoms with Crippen LogP contribution in [-0.4, -0.2) is 34.4 Å². The van der Waals surface area contributed by atoms with Crippen LogP contribution in [0, 0.1) is 0 Å². The Kier molecular flexibility index (Phi) is 35.5. The van der Waals surface area contributed by atoms with Crippen LogP contribution in [0.1, 0.15) is 48.0 Å². The van der Waals surface area contributed by atoms with E-state index in [1.807, 2.05) is 6.92 Å². The Morgan fingerprint density at radius 1 is 0.938 bits per heavy atom. The number of rotatable bonds is 1. The number of carbonyl (C=O) groups excluding carboxylic acids is 2. The summed E-state index contributed by atoms with van der Waals surface area (Å²) >= 11 is 0. The molecule has 0 amide bonds. The van der Waals surface area contributed by atoms with Gasteiger partial charge in [0.1, 0.15) is 11.6 Å². The predicted molar refractivity (Wildman–Crippen MR) is 63.4 cm³/mol. The van der Waals surface area contributed by atoms with Crippen LogP contribution < -0.4 is 0 Å². The lowest BCUT2D eigenvalue weighted by Gasteiger charge is -1.71. The van der Waals surface area contributed by atoms with Gasteiger partial charge < -0.3 is 19.8 Å². The van der Waals surface area contributed by atoms with Gasteiger partial charge in [0.15, 0.2) is 0 Å².